The number of hydrazone groups is 1. The van der Waals surface area contributed by atoms with Gasteiger partial charge in [0.05, 0.1) is 10.6 Å². The molecular formula is C18H16N6O3. The second-order valence-corrected chi connectivity index (χ2v) is 5.72. The Labute approximate surface area is 153 Å². The minimum absolute atomic E-state index is 0.00344. The lowest BCUT2D eigenvalue weighted by atomic mass is 10.1. The Bertz CT molecular complexity index is 1030. The fourth-order valence-electron chi connectivity index (χ4n) is 2.34. The van der Waals surface area contributed by atoms with Gasteiger partial charge in [-0.3, -0.25) is 19.9 Å². The summed E-state index contributed by atoms with van der Waals surface area (Å²) < 4.78 is 0. The first kappa shape index (κ1) is 17.9. The van der Waals surface area contributed by atoms with E-state index in [2.05, 4.69) is 25.7 Å². The summed E-state index contributed by atoms with van der Waals surface area (Å²) in [6.45, 7) is 1.73. The van der Waals surface area contributed by atoms with Crippen molar-refractivity contribution in [2.75, 3.05) is 5.43 Å². The smallest absolute Gasteiger partial charge is 0.274 e. The number of nitrogens with zero attached hydrogens (tertiary/aromatic N) is 4. The molecule has 0 atom stereocenters. The monoisotopic (exact) mass is 364 g/mol. The van der Waals surface area contributed by atoms with Crippen LogP contribution in [0.25, 0.3) is 0 Å². The number of non-ortho nitro benzene ring substituents is 1. The third-order valence-electron chi connectivity index (χ3n) is 3.80. The molecule has 3 rings (SSSR count). The van der Waals surface area contributed by atoms with Gasteiger partial charge in [0, 0.05) is 18.6 Å². The first-order chi connectivity index (χ1) is 13.0. The van der Waals surface area contributed by atoms with E-state index in [-0.39, 0.29) is 17.2 Å². The minimum Gasteiger partial charge on any atom is -0.288 e. The molecule has 0 aliphatic rings. The maximum Gasteiger partial charge on any atom is 0.274 e. The number of nitro benzene ring substituents is 1. The molecule has 9 nitrogen and oxygen atoms in total. The van der Waals surface area contributed by atoms with Gasteiger partial charge in [-0.1, -0.05) is 30.3 Å². The number of nitro groups is 1. The van der Waals surface area contributed by atoms with Gasteiger partial charge in [-0.25, -0.2) is 5.43 Å². The summed E-state index contributed by atoms with van der Waals surface area (Å²) in [5.41, 5.74) is 4.83. The second kappa shape index (κ2) is 8.00. The van der Waals surface area contributed by atoms with Gasteiger partial charge in [-0.05, 0) is 30.2 Å². The molecule has 0 saturated carbocycles. The maximum atomic E-state index is 12.1. The molecular weight excluding hydrogens is 348 g/mol. The van der Waals surface area contributed by atoms with Crippen LogP contribution in [0.3, 0.4) is 0 Å². The van der Waals surface area contributed by atoms with Gasteiger partial charge in [0.1, 0.15) is 5.69 Å². The zero-order chi connectivity index (χ0) is 19.2. The summed E-state index contributed by atoms with van der Waals surface area (Å²) >= 11 is 0. The van der Waals surface area contributed by atoms with Crippen LogP contribution < -0.4 is 11.0 Å². The van der Waals surface area contributed by atoms with E-state index in [0.29, 0.717) is 23.4 Å². The molecule has 136 valence electrons. The molecule has 27 heavy (non-hydrogen) atoms. The number of rotatable bonds is 6. The molecule has 0 aliphatic carbocycles. The molecule has 0 amide bonds. The summed E-state index contributed by atoms with van der Waals surface area (Å²) in [6, 6.07) is 15.5. The standard InChI is InChI=1S/C18H16N6O3/c1-12(14-7-9-15(10-8-14)24(26)27)20-22-18-19-17(25)16(21-23-18)11-13-5-3-2-4-6-13/h2-10H,11H2,1H3,(H2,19,22,23,25). The van der Waals surface area contributed by atoms with Crippen molar-refractivity contribution in [2.24, 2.45) is 5.10 Å². The lowest BCUT2D eigenvalue weighted by Gasteiger charge is -2.04. The molecule has 9 heteroatoms. The number of hydrogen-bond acceptors (Lipinski definition) is 7. The fourth-order valence-corrected chi connectivity index (χ4v) is 2.34. The lowest BCUT2D eigenvalue weighted by Crippen LogP contribution is -2.19. The predicted octanol–water partition coefficient (Wildman–Crippen LogP) is 2.50. The van der Waals surface area contributed by atoms with Gasteiger partial charge in [0.25, 0.3) is 11.2 Å². The van der Waals surface area contributed by atoms with Crippen molar-refractivity contribution >= 4 is 17.3 Å². The largest absolute Gasteiger partial charge is 0.288 e. The quantitative estimate of drug-likeness (QED) is 0.393. The summed E-state index contributed by atoms with van der Waals surface area (Å²) in [7, 11) is 0. The van der Waals surface area contributed by atoms with E-state index in [0.717, 1.165) is 5.56 Å². The van der Waals surface area contributed by atoms with E-state index in [1.807, 2.05) is 30.3 Å². The average Bonchev–Trinajstić information content (AvgIpc) is 2.69. The highest BCUT2D eigenvalue weighted by Gasteiger charge is 2.07. The molecule has 0 fully saturated rings. The third kappa shape index (κ3) is 4.60. The number of H-pyrrole nitrogens is 1. The van der Waals surface area contributed by atoms with E-state index in [4.69, 9.17) is 0 Å². The maximum absolute atomic E-state index is 12.1. The number of aromatic amines is 1. The van der Waals surface area contributed by atoms with Crippen molar-refractivity contribution < 1.29 is 4.92 Å². The van der Waals surface area contributed by atoms with Gasteiger partial charge < -0.3 is 0 Å². The Morgan fingerprint density at radius 1 is 1.15 bits per heavy atom. The average molecular weight is 364 g/mol. The zero-order valence-corrected chi connectivity index (χ0v) is 14.4. The van der Waals surface area contributed by atoms with Crippen molar-refractivity contribution in [3.63, 3.8) is 0 Å². The number of nitrogens with one attached hydrogen (secondary N) is 2. The first-order valence-corrected chi connectivity index (χ1v) is 8.08. The molecule has 2 aromatic carbocycles. The van der Waals surface area contributed by atoms with E-state index >= 15 is 0 Å². The normalized spacial score (nSPS) is 11.2. The molecule has 2 N–H and O–H groups in total. The molecule has 1 heterocycles. The predicted molar refractivity (Wildman–Crippen MR) is 101 cm³/mol. The van der Waals surface area contributed by atoms with Crippen LogP contribution in [0.4, 0.5) is 11.6 Å². The molecule has 0 spiro atoms. The Kier molecular flexibility index (Phi) is 5.31. The molecule has 0 bridgehead atoms. The van der Waals surface area contributed by atoms with Crippen molar-refractivity contribution in [3.8, 4) is 0 Å². The van der Waals surface area contributed by atoms with Crippen LogP contribution in [-0.2, 0) is 6.42 Å². The third-order valence-corrected chi connectivity index (χ3v) is 3.80. The lowest BCUT2D eigenvalue weighted by molar-refractivity contribution is -0.384. The first-order valence-electron chi connectivity index (χ1n) is 8.08. The topological polar surface area (TPSA) is 126 Å². The van der Waals surface area contributed by atoms with Gasteiger partial charge in [-0.15, -0.1) is 10.2 Å². The number of anilines is 1. The van der Waals surface area contributed by atoms with Crippen molar-refractivity contribution in [2.45, 2.75) is 13.3 Å². The minimum atomic E-state index is -0.466. The SMILES string of the molecule is CC(=NNc1nnc(Cc2ccccc2)c(=O)[nH]1)c1ccc([N+](=O)[O-])cc1. The van der Waals surface area contributed by atoms with Gasteiger partial charge >= 0.3 is 0 Å². The van der Waals surface area contributed by atoms with Gasteiger partial charge in [-0.2, -0.15) is 5.10 Å². The van der Waals surface area contributed by atoms with Crippen LogP contribution in [0.5, 0.6) is 0 Å². The summed E-state index contributed by atoms with van der Waals surface area (Å²) in [5, 5.41) is 22.7. The Morgan fingerprint density at radius 3 is 2.48 bits per heavy atom. The zero-order valence-electron chi connectivity index (χ0n) is 14.4. The van der Waals surface area contributed by atoms with Gasteiger partial charge in [0.2, 0.25) is 5.95 Å². The van der Waals surface area contributed by atoms with Gasteiger partial charge in [0.15, 0.2) is 0 Å². The van der Waals surface area contributed by atoms with E-state index in [1.54, 1.807) is 19.1 Å². The van der Waals surface area contributed by atoms with Crippen LogP contribution in [0, 0.1) is 10.1 Å². The Balaban J connectivity index is 1.70. The highest BCUT2D eigenvalue weighted by Crippen LogP contribution is 2.12. The summed E-state index contributed by atoms with van der Waals surface area (Å²) in [5.74, 6) is 0.109. The number of aromatic nitrogens is 3. The highest BCUT2D eigenvalue weighted by molar-refractivity contribution is 5.99. The van der Waals surface area contributed by atoms with Crippen molar-refractivity contribution in [1.29, 1.82) is 0 Å². The Hall–Kier alpha value is -3.88. The molecule has 0 radical (unpaired) electrons. The second-order valence-electron chi connectivity index (χ2n) is 5.72. The molecule has 1 aromatic heterocycles. The van der Waals surface area contributed by atoms with Crippen LogP contribution in [0.15, 0.2) is 64.5 Å². The summed E-state index contributed by atoms with van der Waals surface area (Å²) in [4.78, 5) is 25.0. The fraction of sp³-hybridized carbons (Fsp3) is 0.111. The molecule has 3 aromatic rings. The van der Waals surface area contributed by atoms with E-state index in [9.17, 15) is 14.9 Å². The van der Waals surface area contributed by atoms with Crippen LogP contribution in [0.2, 0.25) is 0 Å². The van der Waals surface area contributed by atoms with E-state index in [1.165, 1.54) is 12.1 Å². The van der Waals surface area contributed by atoms with Crippen molar-refractivity contribution in [3.05, 3.63) is 91.9 Å². The van der Waals surface area contributed by atoms with Crippen LogP contribution in [0.1, 0.15) is 23.7 Å². The molecule has 0 saturated heterocycles. The van der Waals surface area contributed by atoms with Crippen molar-refractivity contribution in [1.82, 2.24) is 15.2 Å². The highest BCUT2D eigenvalue weighted by atomic mass is 16.6. The van der Waals surface area contributed by atoms with Crippen LogP contribution in [-0.4, -0.2) is 25.8 Å². The summed E-state index contributed by atoms with van der Waals surface area (Å²) in [6.07, 6.45) is 0.383. The number of benzene rings is 2. The Morgan fingerprint density at radius 2 is 1.85 bits per heavy atom. The molecule has 0 unspecified atom stereocenters. The molecule has 0 aliphatic heterocycles. The van der Waals surface area contributed by atoms with Crippen LogP contribution >= 0.6 is 0 Å². The van der Waals surface area contributed by atoms with E-state index < -0.39 is 4.92 Å². The number of hydrogen-bond donors (Lipinski definition) is 2.